The Kier molecular flexibility index (Phi) is 2.47. The van der Waals surface area contributed by atoms with Crippen LogP contribution in [0.4, 0.5) is 5.69 Å². The van der Waals surface area contributed by atoms with Crippen molar-refractivity contribution < 1.29 is 19.2 Å². The number of para-hydroxylation sites is 2. The maximum absolute atomic E-state index is 11.5. The van der Waals surface area contributed by atoms with E-state index in [0.717, 1.165) is 0 Å². The Morgan fingerprint density at radius 1 is 1.44 bits per heavy atom. The highest BCUT2D eigenvalue weighted by atomic mass is 16.6. The summed E-state index contributed by atoms with van der Waals surface area (Å²) in [5, 5.41) is 12.7. The third-order valence-electron chi connectivity index (χ3n) is 1.85. The van der Waals surface area contributed by atoms with Gasteiger partial charge in [-0.25, -0.2) is 4.79 Å². The molecule has 0 aliphatic heterocycles. The lowest BCUT2D eigenvalue weighted by molar-refractivity contribution is 0.0687. The minimum atomic E-state index is -0.809. The summed E-state index contributed by atoms with van der Waals surface area (Å²) in [6.45, 7) is 0. The van der Waals surface area contributed by atoms with E-state index in [1.807, 2.05) is 0 Å². The minimum Gasteiger partial charge on any atom is -0.504 e. The highest BCUT2D eigenvalue weighted by Gasteiger charge is 2.18. The zero-order valence-electron chi connectivity index (χ0n) is 8.08. The number of nitrogens with zero attached hydrogens (tertiary/aromatic N) is 1. The van der Waals surface area contributed by atoms with Crippen molar-refractivity contribution in [3.8, 4) is 11.5 Å². The van der Waals surface area contributed by atoms with Crippen molar-refractivity contribution in [2.45, 2.75) is 0 Å². The molecule has 16 heavy (non-hydrogen) atoms. The predicted octanol–water partition coefficient (Wildman–Crippen LogP) is 1.18. The number of hydrogen-bond acceptors (Lipinski definition) is 6. The fourth-order valence-electron chi connectivity index (χ4n) is 1.09. The van der Waals surface area contributed by atoms with Crippen molar-refractivity contribution in [1.82, 2.24) is 5.16 Å². The van der Waals surface area contributed by atoms with Gasteiger partial charge in [0.25, 0.3) is 5.76 Å². The number of hydrogen-bond donors (Lipinski definition) is 2. The van der Waals surface area contributed by atoms with E-state index in [4.69, 9.17) is 10.5 Å². The average molecular weight is 220 g/mol. The summed E-state index contributed by atoms with van der Waals surface area (Å²) < 4.78 is 9.47. The van der Waals surface area contributed by atoms with Crippen molar-refractivity contribution in [2.75, 3.05) is 5.73 Å². The van der Waals surface area contributed by atoms with E-state index < -0.39 is 5.97 Å². The number of benzene rings is 1. The topological polar surface area (TPSA) is 98.6 Å². The molecular weight excluding hydrogens is 212 g/mol. The average Bonchev–Trinajstić information content (AvgIpc) is 2.68. The molecule has 0 unspecified atom stereocenters. The number of esters is 1. The Hall–Kier alpha value is -2.50. The molecule has 1 aromatic heterocycles. The van der Waals surface area contributed by atoms with E-state index in [9.17, 15) is 9.90 Å². The third kappa shape index (κ3) is 1.81. The molecule has 82 valence electrons. The van der Waals surface area contributed by atoms with Crippen LogP contribution in [0.2, 0.25) is 0 Å². The number of carbonyl (C=O) groups excluding carboxylic acids is 1. The molecule has 3 N–H and O–H groups in total. The van der Waals surface area contributed by atoms with Crippen molar-refractivity contribution in [1.29, 1.82) is 0 Å². The molecule has 0 bridgehead atoms. The second-order valence-corrected chi connectivity index (χ2v) is 2.97. The van der Waals surface area contributed by atoms with Crippen LogP contribution in [-0.2, 0) is 0 Å². The maximum Gasteiger partial charge on any atom is 0.384 e. The first-order valence-electron chi connectivity index (χ1n) is 4.39. The molecule has 6 heteroatoms. The van der Waals surface area contributed by atoms with Gasteiger partial charge >= 0.3 is 5.97 Å². The van der Waals surface area contributed by atoms with Gasteiger partial charge < -0.3 is 20.1 Å². The van der Waals surface area contributed by atoms with E-state index in [0.29, 0.717) is 0 Å². The lowest BCUT2D eigenvalue weighted by atomic mass is 10.3. The number of phenols is 1. The molecule has 6 nitrogen and oxygen atoms in total. The van der Waals surface area contributed by atoms with E-state index in [2.05, 4.69) is 9.68 Å². The molecular formula is C10H8N2O4. The van der Waals surface area contributed by atoms with Gasteiger partial charge in [0, 0.05) is 0 Å². The van der Waals surface area contributed by atoms with Crippen LogP contribution < -0.4 is 10.5 Å². The van der Waals surface area contributed by atoms with Crippen molar-refractivity contribution in [3.05, 3.63) is 36.2 Å². The van der Waals surface area contributed by atoms with E-state index in [-0.39, 0.29) is 22.9 Å². The molecule has 0 spiro atoms. The minimum absolute atomic E-state index is 0.0308. The van der Waals surface area contributed by atoms with Crippen LogP contribution in [0.5, 0.6) is 11.5 Å². The summed E-state index contributed by atoms with van der Waals surface area (Å²) in [5.41, 5.74) is 5.50. The van der Waals surface area contributed by atoms with Crippen LogP contribution in [0.15, 0.2) is 35.0 Å². The fourth-order valence-corrected chi connectivity index (χ4v) is 1.09. The Bertz CT molecular complexity index is 521. The quantitative estimate of drug-likeness (QED) is 0.582. The van der Waals surface area contributed by atoms with Crippen LogP contribution in [0, 0.1) is 0 Å². The first-order valence-corrected chi connectivity index (χ1v) is 4.39. The van der Waals surface area contributed by atoms with Crippen LogP contribution >= 0.6 is 0 Å². The van der Waals surface area contributed by atoms with Gasteiger partial charge in [-0.05, 0) is 12.1 Å². The van der Waals surface area contributed by atoms with Crippen molar-refractivity contribution in [3.63, 3.8) is 0 Å². The van der Waals surface area contributed by atoms with Gasteiger partial charge in [-0.3, -0.25) is 0 Å². The molecule has 1 aromatic carbocycles. The standard InChI is InChI=1S/C10H8N2O4/c11-6-5-12-16-9(6)10(14)15-8-4-2-1-3-7(8)13/h1-5,13H,11H2. The molecule has 1 heterocycles. The van der Waals surface area contributed by atoms with Gasteiger partial charge in [0.2, 0.25) is 0 Å². The molecule has 0 amide bonds. The Labute approximate surface area is 90.2 Å². The van der Waals surface area contributed by atoms with Gasteiger partial charge in [-0.1, -0.05) is 17.3 Å². The lowest BCUT2D eigenvalue weighted by Gasteiger charge is -2.03. The number of ether oxygens (including phenoxy) is 1. The largest absolute Gasteiger partial charge is 0.504 e. The molecule has 0 aliphatic carbocycles. The summed E-state index contributed by atoms with van der Waals surface area (Å²) in [6, 6.07) is 6.06. The number of nitrogens with two attached hydrogens (primary N) is 1. The van der Waals surface area contributed by atoms with E-state index >= 15 is 0 Å². The normalized spacial score (nSPS) is 10.0. The highest BCUT2D eigenvalue weighted by Crippen LogP contribution is 2.25. The fraction of sp³-hybridized carbons (Fsp3) is 0. The van der Waals surface area contributed by atoms with Gasteiger partial charge in [0.05, 0.1) is 6.20 Å². The number of anilines is 1. The van der Waals surface area contributed by atoms with Gasteiger partial charge in [-0.15, -0.1) is 0 Å². The predicted molar refractivity (Wildman–Crippen MR) is 54.0 cm³/mol. The Balaban J connectivity index is 2.21. The number of nitrogen functional groups attached to an aromatic ring is 1. The Morgan fingerprint density at radius 2 is 2.19 bits per heavy atom. The van der Waals surface area contributed by atoms with Gasteiger partial charge in [0.1, 0.15) is 5.69 Å². The molecule has 0 saturated heterocycles. The smallest absolute Gasteiger partial charge is 0.384 e. The van der Waals surface area contributed by atoms with Crippen LogP contribution in [0.25, 0.3) is 0 Å². The molecule has 0 aliphatic rings. The SMILES string of the molecule is Nc1cnoc1C(=O)Oc1ccccc1O. The first-order chi connectivity index (χ1) is 7.68. The lowest BCUT2D eigenvalue weighted by Crippen LogP contribution is -2.09. The highest BCUT2D eigenvalue weighted by molar-refractivity contribution is 5.93. The summed E-state index contributed by atoms with van der Waals surface area (Å²) in [6.07, 6.45) is 1.20. The molecule has 0 atom stereocenters. The first kappa shape index (κ1) is 10.0. The molecule has 2 aromatic rings. The Morgan fingerprint density at radius 3 is 2.81 bits per heavy atom. The number of rotatable bonds is 2. The zero-order valence-corrected chi connectivity index (χ0v) is 8.08. The van der Waals surface area contributed by atoms with Crippen LogP contribution in [-0.4, -0.2) is 16.2 Å². The summed E-state index contributed by atoms with van der Waals surface area (Å²) in [7, 11) is 0. The zero-order chi connectivity index (χ0) is 11.5. The van der Waals surface area contributed by atoms with Crippen LogP contribution in [0.1, 0.15) is 10.6 Å². The number of phenolic OH excluding ortho intramolecular Hbond substituents is 1. The van der Waals surface area contributed by atoms with Crippen LogP contribution in [0.3, 0.4) is 0 Å². The number of aromatic hydroxyl groups is 1. The second kappa shape index (κ2) is 3.93. The van der Waals surface area contributed by atoms with Gasteiger partial charge in [0.15, 0.2) is 11.5 Å². The third-order valence-corrected chi connectivity index (χ3v) is 1.85. The molecule has 2 rings (SSSR count). The summed E-state index contributed by atoms with van der Waals surface area (Å²) >= 11 is 0. The molecule has 0 saturated carbocycles. The van der Waals surface area contributed by atoms with E-state index in [1.54, 1.807) is 12.1 Å². The molecule has 0 radical (unpaired) electrons. The van der Waals surface area contributed by atoms with Crippen molar-refractivity contribution in [2.24, 2.45) is 0 Å². The number of aromatic nitrogens is 1. The van der Waals surface area contributed by atoms with Crippen molar-refractivity contribution >= 4 is 11.7 Å². The molecule has 0 fully saturated rings. The second-order valence-electron chi connectivity index (χ2n) is 2.97. The maximum atomic E-state index is 11.5. The van der Waals surface area contributed by atoms with E-state index in [1.165, 1.54) is 18.3 Å². The summed E-state index contributed by atoms with van der Waals surface area (Å²) in [4.78, 5) is 11.5. The summed E-state index contributed by atoms with van der Waals surface area (Å²) in [5.74, 6) is -1.11. The number of carbonyl (C=O) groups is 1. The van der Waals surface area contributed by atoms with Gasteiger partial charge in [-0.2, -0.15) is 0 Å². The monoisotopic (exact) mass is 220 g/mol.